The lowest BCUT2D eigenvalue weighted by atomic mass is 9.94. The molecule has 25 heavy (non-hydrogen) atoms. The molecule has 1 saturated carbocycles. The van der Waals surface area contributed by atoms with E-state index in [1.54, 1.807) is 0 Å². The van der Waals surface area contributed by atoms with Crippen molar-refractivity contribution in [1.29, 1.82) is 0 Å². The van der Waals surface area contributed by atoms with Crippen molar-refractivity contribution < 1.29 is 21.9 Å². The number of ether oxygens (including phenoxy) is 1. The summed E-state index contributed by atoms with van der Waals surface area (Å²) in [7, 11) is -3.68. The van der Waals surface area contributed by atoms with Gasteiger partial charge in [-0.25, -0.2) is 31.9 Å². The van der Waals surface area contributed by atoms with Gasteiger partial charge in [0.05, 0.1) is 17.3 Å². The van der Waals surface area contributed by atoms with Gasteiger partial charge in [-0.05, 0) is 49.9 Å². The van der Waals surface area contributed by atoms with Crippen molar-refractivity contribution in [3.63, 3.8) is 0 Å². The summed E-state index contributed by atoms with van der Waals surface area (Å²) in [5, 5.41) is 0. The number of nitrogens with zero attached hydrogens (tertiary/aromatic N) is 2. The Morgan fingerprint density at radius 1 is 0.960 bits per heavy atom. The first-order valence-corrected chi connectivity index (χ1v) is 9.33. The van der Waals surface area contributed by atoms with Crippen molar-refractivity contribution in [3.8, 4) is 6.01 Å². The molecule has 6 nitrogen and oxygen atoms in total. The number of rotatable bonds is 5. The minimum Gasteiger partial charge on any atom is -0.460 e. The van der Waals surface area contributed by atoms with Gasteiger partial charge in [0.25, 0.3) is 0 Å². The van der Waals surface area contributed by atoms with Crippen molar-refractivity contribution in [2.45, 2.75) is 42.7 Å². The lowest BCUT2D eigenvalue weighted by Crippen LogP contribution is -2.39. The summed E-state index contributed by atoms with van der Waals surface area (Å²) in [5.74, 6) is -1.02. The van der Waals surface area contributed by atoms with E-state index in [0.717, 1.165) is 24.5 Å². The molecule has 0 spiro atoms. The summed E-state index contributed by atoms with van der Waals surface area (Å²) in [6.07, 6.45) is 4.35. The van der Waals surface area contributed by atoms with Gasteiger partial charge in [0.1, 0.15) is 11.9 Å². The van der Waals surface area contributed by atoms with Crippen LogP contribution in [0.2, 0.25) is 0 Å². The number of halogens is 2. The van der Waals surface area contributed by atoms with Crippen LogP contribution in [0, 0.1) is 11.6 Å². The molecule has 1 N–H and O–H groups in total. The molecule has 1 aliphatic carbocycles. The molecular formula is C16H17F2N3O3S. The fourth-order valence-electron chi connectivity index (χ4n) is 2.71. The molecule has 1 aromatic carbocycles. The maximum absolute atomic E-state index is 12.9. The van der Waals surface area contributed by atoms with Crippen molar-refractivity contribution in [2.24, 2.45) is 0 Å². The quantitative estimate of drug-likeness (QED) is 0.875. The average molecular weight is 369 g/mol. The highest BCUT2D eigenvalue weighted by molar-refractivity contribution is 7.89. The highest BCUT2D eigenvalue weighted by Crippen LogP contribution is 2.23. The van der Waals surface area contributed by atoms with E-state index >= 15 is 0 Å². The first-order chi connectivity index (χ1) is 11.9. The van der Waals surface area contributed by atoms with Crippen molar-refractivity contribution in [2.75, 3.05) is 0 Å². The first kappa shape index (κ1) is 17.7. The molecule has 0 unspecified atom stereocenters. The molecule has 0 aliphatic heterocycles. The molecule has 1 aliphatic rings. The third-order valence-corrected chi connectivity index (χ3v) is 5.53. The SMILES string of the molecule is O=S(=O)(NC1CCC(Oc2ncc(F)cn2)CC1)c1ccc(F)cc1. The van der Waals surface area contributed by atoms with Crippen LogP contribution in [0.1, 0.15) is 25.7 Å². The summed E-state index contributed by atoms with van der Waals surface area (Å²) in [6.45, 7) is 0. The lowest BCUT2D eigenvalue weighted by Gasteiger charge is -2.28. The van der Waals surface area contributed by atoms with E-state index in [9.17, 15) is 17.2 Å². The Hall–Kier alpha value is -2.13. The third-order valence-electron chi connectivity index (χ3n) is 3.99. The molecule has 0 atom stereocenters. The van der Waals surface area contributed by atoms with Crippen molar-refractivity contribution in [1.82, 2.24) is 14.7 Å². The molecule has 0 bridgehead atoms. The van der Waals surface area contributed by atoms with Gasteiger partial charge >= 0.3 is 6.01 Å². The highest BCUT2D eigenvalue weighted by Gasteiger charge is 2.27. The number of hydrogen-bond donors (Lipinski definition) is 1. The van der Waals surface area contributed by atoms with E-state index in [0.29, 0.717) is 25.7 Å². The Labute approximate surface area is 144 Å². The Balaban J connectivity index is 1.53. The number of aromatic nitrogens is 2. The summed E-state index contributed by atoms with van der Waals surface area (Å²) in [4.78, 5) is 7.53. The molecule has 0 amide bonds. The van der Waals surface area contributed by atoms with Gasteiger partial charge in [-0.15, -0.1) is 0 Å². The molecule has 0 radical (unpaired) electrons. The number of nitrogens with one attached hydrogen (secondary N) is 1. The normalized spacial score (nSPS) is 21.0. The number of sulfonamides is 1. The molecule has 1 aromatic heterocycles. The monoisotopic (exact) mass is 369 g/mol. The van der Waals surface area contributed by atoms with Crippen LogP contribution in [0.15, 0.2) is 41.6 Å². The fraction of sp³-hybridized carbons (Fsp3) is 0.375. The minimum absolute atomic E-state index is 0.0342. The third kappa shape index (κ3) is 4.70. The molecule has 1 heterocycles. The van der Waals surface area contributed by atoms with Crippen LogP contribution in [0.5, 0.6) is 6.01 Å². The Bertz CT molecular complexity index is 806. The summed E-state index contributed by atoms with van der Waals surface area (Å²) in [6, 6.07) is 4.58. The number of benzene rings is 1. The van der Waals surface area contributed by atoms with Gasteiger partial charge in [-0.3, -0.25) is 0 Å². The maximum atomic E-state index is 12.9. The second-order valence-corrected chi connectivity index (χ2v) is 7.56. The van der Waals surface area contributed by atoms with Gasteiger partial charge in [-0.1, -0.05) is 0 Å². The highest BCUT2D eigenvalue weighted by atomic mass is 32.2. The van der Waals surface area contributed by atoms with Gasteiger partial charge in [0.15, 0.2) is 5.82 Å². The van der Waals surface area contributed by atoms with Crippen LogP contribution in [0.4, 0.5) is 8.78 Å². The van der Waals surface area contributed by atoms with E-state index in [1.807, 2.05) is 0 Å². The first-order valence-electron chi connectivity index (χ1n) is 7.84. The lowest BCUT2D eigenvalue weighted by molar-refractivity contribution is 0.132. The van der Waals surface area contributed by atoms with Crippen LogP contribution in [0.3, 0.4) is 0 Å². The van der Waals surface area contributed by atoms with Crippen molar-refractivity contribution >= 4 is 10.0 Å². The van der Waals surface area contributed by atoms with Gasteiger partial charge < -0.3 is 4.74 Å². The standard InChI is InChI=1S/C16H17F2N3O3S/c17-11-1-7-15(8-2-11)25(22,23)21-13-3-5-14(6-4-13)24-16-19-9-12(18)10-20-16/h1-2,7-10,13-14,21H,3-6H2. The van der Waals surface area contributed by atoms with Crippen LogP contribution in [0.25, 0.3) is 0 Å². The van der Waals surface area contributed by atoms with Crippen LogP contribution < -0.4 is 9.46 Å². The van der Waals surface area contributed by atoms with Crippen molar-refractivity contribution in [3.05, 3.63) is 48.3 Å². The van der Waals surface area contributed by atoms with E-state index in [1.165, 1.54) is 12.1 Å². The smallest absolute Gasteiger partial charge is 0.316 e. The topological polar surface area (TPSA) is 81.2 Å². The molecule has 1 fully saturated rings. The average Bonchev–Trinajstić information content (AvgIpc) is 2.59. The number of hydrogen-bond acceptors (Lipinski definition) is 5. The van der Waals surface area contributed by atoms with Gasteiger partial charge in [-0.2, -0.15) is 0 Å². The minimum atomic E-state index is -3.68. The fourth-order valence-corrected chi connectivity index (χ4v) is 4.02. The van der Waals surface area contributed by atoms with E-state index in [-0.39, 0.29) is 23.1 Å². The molecule has 134 valence electrons. The molecule has 3 rings (SSSR count). The summed E-state index contributed by atoms with van der Waals surface area (Å²) >= 11 is 0. The maximum Gasteiger partial charge on any atom is 0.316 e. The largest absolute Gasteiger partial charge is 0.460 e. The molecule has 9 heteroatoms. The van der Waals surface area contributed by atoms with E-state index in [2.05, 4.69) is 14.7 Å². The van der Waals surface area contributed by atoms with Crippen LogP contribution in [-0.2, 0) is 10.0 Å². The Morgan fingerprint density at radius 3 is 2.16 bits per heavy atom. The zero-order chi connectivity index (χ0) is 17.9. The summed E-state index contributed by atoms with van der Waals surface area (Å²) < 4.78 is 58.5. The second-order valence-electron chi connectivity index (χ2n) is 5.85. The predicted octanol–water partition coefficient (Wildman–Crippen LogP) is 2.42. The molecule has 2 aromatic rings. The van der Waals surface area contributed by atoms with Crippen LogP contribution >= 0.6 is 0 Å². The molecule has 0 saturated heterocycles. The molecular weight excluding hydrogens is 352 g/mol. The van der Waals surface area contributed by atoms with Gasteiger partial charge in [0.2, 0.25) is 10.0 Å². The Kier molecular flexibility index (Phi) is 5.24. The van der Waals surface area contributed by atoms with Crippen LogP contribution in [-0.4, -0.2) is 30.5 Å². The van der Waals surface area contributed by atoms with E-state index < -0.39 is 21.7 Å². The van der Waals surface area contributed by atoms with E-state index in [4.69, 9.17) is 4.74 Å². The zero-order valence-electron chi connectivity index (χ0n) is 13.2. The zero-order valence-corrected chi connectivity index (χ0v) is 14.0. The second kappa shape index (κ2) is 7.40. The Morgan fingerprint density at radius 2 is 1.56 bits per heavy atom. The van der Waals surface area contributed by atoms with Gasteiger partial charge in [0, 0.05) is 6.04 Å². The predicted molar refractivity (Wildman–Crippen MR) is 85.4 cm³/mol. The summed E-state index contributed by atoms with van der Waals surface area (Å²) in [5.41, 5.74) is 0.